The molecule has 0 amide bonds. The third kappa shape index (κ3) is 4.93. The van der Waals surface area contributed by atoms with E-state index in [2.05, 4.69) is 10.1 Å². The minimum Gasteiger partial charge on any atom is -0.456 e. The predicted molar refractivity (Wildman–Crippen MR) is 118 cm³/mol. The van der Waals surface area contributed by atoms with Crippen molar-refractivity contribution >= 4 is 34.6 Å². The van der Waals surface area contributed by atoms with E-state index in [-0.39, 0.29) is 23.1 Å². The summed E-state index contributed by atoms with van der Waals surface area (Å²) in [5.74, 6) is -0.153. The van der Waals surface area contributed by atoms with Gasteiger partial charge in [-0.15, -0.1) is 11.3 Å². The number of hydrogen-bond acceptors (Lipinski definition) is 8. The van der Waals surface area contributed by atoms with Gasteiger partial charge in [-0.05, 0) is 36.4 Å². The second kappa shape index (κ2) is 9.16. The van der Waals surface area contributed by atoms with Crippen molar-refractivity contribution in [1.82, 2.24) is 14.8 Å². The van der Waals surface area contributed by atoms with E-state index >= 15 is 0 Å². The predicted octanol–water partition coefficient (Wildman–Crippen LogP) is 5.25. The third-order valence-corrected chi connectivity index (χ3v) is 5.47. The van der Waals surface area contributed by atoms with Crippen molar-refractivity contribution in [1.29, 1.82) is 0 Å². The SMILES string of the molecule is Cn1cc(-c2nc(COC(=O)c3ccc(Oc4ccc(Cl)cc4[N+](=O)[O-])cc3)cs2)cn1. The summed E-state index contributed by atoms with van der Waals surface area (Å²) in [6, 6.07) is 10.2. The molecule has 2 aromatic heterocycles. The lowest BCUT2D eigenvalue weighted by atomic mass is 10.2. The van der Waals surface area contributed by atoms with Gasteiger partial charge in [0.1, 0.15) is 17.4 Å². The molecule has 0 N–H and O–H groups in total. The van der Waals surface area contributed by atoms with Crippen molar-refractivity contribution < 1.29 is 19.2 Å². The number of halogens is 1. The maximum atomic E-state index is 12.3. The lowest BCUT2D eigenvalue weighted by Gasteiger charge is -2.08. The molecule has 0 aliphatic rings. The smallest absolute Gasteiger partial charge is 0.338 e. The fraction of sp³-hybridized carbons (Fsp3) is 0.0952. The average molecular weight is 471 g/mol. The van der Waals surface area contributed by atoms with E-state index in [1.54, 1.807) is 10.9 Å². The van der Waals surface area contributed by atoms with Gasteiger partial charge >= 0.3 is 11.7 Å². The van der Waals surface area contributed by atoms with E-state index < -0.39 is 10.9 Å². The molecule has 0 spiro atoms. The summed E-state index contributed by atoms with van der Waals surface area (Å²) < 4.78 is 12.6. The van der Waals surface area contributed by atoms with Gasteiger partial charge in [-0.25, -0.2) is 9.78 Å². The maximum Gasteiger partial charge on any atom is 0.338 e. The Morgan fingerprint density at radius 2 is 2.03 bits per heavy atom. The monoisotopic (exact) mass is 470 g/mol. The second-order valence-corrected chi connectivity index (χ2v) is 7.91. The Labute approximate surface area is 191 Å². The summed E-state index contributed by atoms with van der Waals surface area (Å²) in [5.41, 5.74) is 1.59. The zero-order valence-corrected chi connectivity index (χ0v) is 18.2. The Kier molecular flexibility index (Phi) is 6.15. The van der Waals surface area contributed by atoms with Crippen LogP contribution in [0.15, 0.2) is 60.2 Å². The molecule has 0 fully saturated rings. The number of aryl methyl sites for hydroxylation is 1. The van der Waals surface area contributed by atoms with Crippen LogP contribution in [-0.2, 0) is 18.4 Å². The summed E-state index contributed by atoms with van der Waals surface area (Å²) in [7, 11) is 1.83. The molecule has 0 radical (unpaired) electrons. The fourth-order valence-electron chi connectivity index (χ4n) is 2.77. The van der Waals surface area contributed by atoms with E-state index in [4.69, 9.17) is 21.1 Å². The number of esters is 1. The third-order valence-electron chi connectivity index (χ3n) is 4.29. The summed E-state index contributed by atoms with van der Waals surface area (Å²) in [6.07, 6.45) is 3.58. The molecule has 32 heavy (non-hydrogen) atoms. The van der Waals surface area contributed by atoms with E-state index in [1.807, 2.05) is 18.6 Å². The molecule has 2 aromatic carbocycles. The quantitative estimate of drug-likeness (QED) is 0.206. The molecule has 2 heterocycles. The van der Waals surface area contributed by atoms with Crippen molar-refractivity contribution in [3.05, 3.63) is 86.6 Å². The Balaban J connectivity index is 1.38. The zero-order valence-electron chi connectivity index (χ0n) is 16.6. The number of aromatic nitrogens is 3. The molecule has 11 heteroatoms. The number of carbonyl (C=O) groups is 1. The lowest BCUT2D eigenvalue weighted by Crippen LogP contribution is -2.05. The van der Waals surface area contributed by atoms with Gasteiger partial charge in [-0.2, -0.15) is 5.10 Å². The highest BCUT2D eigenvalue weighted by atomic mass is 35.5. The molecule has 0 aliphatic carbocycles. The standard InChI is InChI=1S/C21H15ClN4O5S/c1-25-10-14(9-23-25)20-24-16(12-32-20)11-30-21(27)13-2-5-17(6-3-13)31-19-7-4-15(22)8-18(19)26(28)29/h2-10,12H,11H2,1H3. The Hall–Kier alpha value is -3.76. The average Bonchev–Trinajstić information content (AvgIpc) is 3.42. The first-order chi connectivity index (χ1) is 15.4. The summed E-state index contributed by atoms with van der Waals surface area (Å²) in [6.45, 7) is 0.0326. The van der Waals surface area contributed by atoms with Crippen LogP contribution in [0.3, 0.4) is 0 Å². The van der Waals surface area contributed by atoms with E-state index in [1.165, 1.54) is 53.8 Å². The van der Waals surface area contributed by atoms with Crippen molar-refractivity contribution in [3.8, 4) is 22.1 Å². The van der Waals surface area contributed by atoms with Crippen LogP contribution in [0, 0.1) is 10.1 Å². The molecule has 0 aliphatic heterocycles. The van der Waals surface area contributed by atoms with Crippen molar-refractivity contribution in [2.75, 3.05) is 0 Å². The van der Waals surface area contributed by atoms with Crippen LogP contribution in [0.5, 0.6) is 11.5 Å². The second-order valence-electron chi connectivity index (χ2n) is 6.62. The van der Waals surface area contributed by atoms with Gasteiger partial charge in [0.25, 0.3) is 0 Å². The number of hydrogen-bond donors (Lipinski definition) is 0. The molecule has 0 unspecified atom stereocenters. The first kappa shape index (κ1) is 21.5. The highest BCUT2D eigenvalue weighted by Gasteiger charge is 2.17. The van der Waals surface area contributed by atoms with Crippen LogP contribution in [0.2, 0.25) is 5.02 Å². The van der Waals surface area contributed by atoms with Gasteiger partial charge in [-0.1, -0.05) is 11.6 Å². The van der Waals surface area contributed by atoms with Gasteiger partial charge in [0.05, 0.1) is 22.4 Å². The van der Waals surface area contributed by atoms with Gasteiger partial charge in [0.15, 0.2) is 0 Å². The Morgan fingerprint density at radius 3 is 2.72 bits per heavy atom. The number of thiazole rings is 1. The maximum absolute atomic E-state index is 12.3. The van der Waals surface area contributed by atoms with Gasteiger partial charge in [0.2, 0.25) is 5.75 Å². The first-order valence-electron chi connectivity index (χ1n) is 9.21. The summed E-state index contributed by atoms with van der Waals surface area (Å²) in [4.78, 5) is 27.4. The van der Waals surface area contributed by atoms with Crippen molar-refractivity contribution in [2.45, 2.75) is 6.61 Å². The van der Waals surface area contributed by atoms with Crippen LogP contribution in [0.25, 0.3) is 10.6 Å². The molecule has 0 atom stereocenters. The lowest BCUT2D eigenvalue weighted by molar-refractivity contribution is -0.385. The molecule has 0 saturated heterocycles. The van der Waals surface area contributed by atoms with E-state index in [9.17, 15) is 14.9 Å². The molecule has 162 valence electrons. The molecular formula is C21H15ClN4O5S. The molecule has 0 saturated carbocycles. The van der Waals surface area contributed by atoms with Crippen LogP contribution in [-0.4, -0.2) is 25.7 Å². The number of nitro benzene ring substituents is 1. The number of rotatable bonds is 7. The highest BCUT2D eigenvalue weighted by molar-refractivity contribution is 7.13. The molecule has 4 aromatic rings. The molecule has 9 nitrogen and oxygen atoms in total. The highest BCUT2D eigenvalue weighted by Crippen LogP contribution is 2.33. The molecule has 0 bridgehead atoms. The van der Waals surface area contributed by atoms with Crippen LogP contribution in [0.4, 0.5) is 5.69 Å². The fourth-order valence-corrected chi connectivity index (χ4v) is 3.71. The topological polar surface area (TPSA) is 109 Å². The van der Waals surface area contributed by atoms with Crippen molar-refractivity contribution in [3.63, 3.8) is 0 Å². The van der Waals surface area contributed by atoms with E-state index in [0.29, 0.717) is 17.0 Å². The summed E-state index contributed by atoms with van der Waals surface area (Å²) >= 11 is 7.25. The zero-order chi connectivity index (χ0) is 22.7. The molecular weight excluding hydrogens is 456 g/mol. The number of nitrogens with zero attached hydrogens (tertiary/aromatic N) is 4. The molecule has 4 rings (SSSR count). The minimum atomic E-state index is -0.578. The van der Waals surface area contributed by atoms with Crippen molar-refractivity contribution in [2.24, 2.45) is 7.05 Å². The largest absolute Gasteiger partial charge is 0.456 e. The van der Waals surface area contributed by atoms with E-state index in [0.717, 1.165) is 10.6 Å². The number of benzene rings is 2. The minimum absolute atomic E-state index is 0.0326. The normalized spacial score (nSPS) is 10.7. The van der Waals surface area contributed by atoms with Crippen LogP contribution in [0.1, 0.15) is 16.1 Å². The van der Waals surface area contributed by atoms with Crippen LogP contribution >= 0.6 is 22.9 Å². The Bertz CT molecular complexity index is 1290. The summed E-state index contributed by atoms with van der Waals surface area (Å²) in [5, 5.41) is 18.1. The van der Waals surface area contributed by atoms with Gasteiger partial charge in [0, 0.05) is 35.3 Å². The number of ether oxygens (including phenoxy) is 2. The number of nitro groups is 1. The first-order valence-corrected chi connectivity index (χ1v) is 10.5. The van der Waals surface area contributed by atoms with Gasteiger partial charge < -0.3 is 9.47 Å². The number of carbonyl (C=O) groups excluding carboxylic acids is 1. The van der Waals surface area contributed by atoms with Gasteiger partial charge in [-0.3, -0.25) is 14.8 Å². The Morgan fingerprint density at radius 1 is 1.25 bits per heavy atom. The van der Waals surface area contributed by atoms with Crippen LogP contribution < -0.4 is 4.74 Å².